The number of allylic oxidation sites excluding steroid dienone is 1. The lowest BCUT2D eigenvalue weighted by atomic mass is 9.96. The molecule has 0 radical (unpaired) electrons. The number of rotatable bonds is 9. The molecule has 3 aromatic carbocycles. The fourth-order valence-electron chi connectivity index (χ4n) is 3.21. The first kappa shape index (κ1) is 21.7. The Morgan fingerprint density at radius 3 is 1.97 bits per heavy atom. The van der Waals surface area contributed by atoms with Crippen molar-refractivity contribution in [1.29, 1.82) is 0 Å². The van der Waals surface area contributed by atoms with Crippen LogP contribution >= 0.6 is 0 Å². The molecule has 0 aliphatic heterocycles. The van der Waals surface area contributed by atoms with E-state index in [1.165, 1.54) is 17.7 Å². The predicted octanol–water partition coefficient (Wildman–Crippen LogP) is 6.59. The number of hydrogen-bond donors (Lipinski definition) is 1. The van der Waals surface area contributed by atoms with Gasteiger partial charge in [-0.3, -0.25) is 0 Å². The smallest absolute Gasteiger partial charge is 0.405 e. The van der Waals surface area contributed by atoms with E-state index in [1.54, 1.807) is 12.1 Å². The number of hydrogen-bond acceptors (Lipinski definition) is 2. The van der Waals surface area contributed by atoms with Gasteiger partial charge in [-0.25, -0.2) is 0 Å². The minimum Gasteiger partial charge on any atom is -0.405 e. The summed E-state index contributed by atoms with van der Waals surface area (Å²) in [6.45, 7) is 1.01. The number of para-hydroxylation sites is 1. The second-order valence-electron chi connectivity index (χ2n) is 6.82. The van der Waals surface area contributed by atoms with Gasteiger partial charge in [0.05, 0.1) is 0 Å². The van der Waals surface area contributed by atoms with Crippen LogP contribution in [0.4, 0.5) is 13.2 Å². The largest absolute Gasteiger partial charge is 0.573 e. The highest BCUT2D eigenvalue weighted by atomic mass is 19.4. The standard InChI is InChI=1S/C25H24F3NO/c26-25(27,28)30-24-17-8-7-15-22(24)19-29-18-10-9-16-23(20-11-3-1-4-12-20)21-13-5-2-6-14-21/h1-8,11-17,29H,9-10,18-19H2. The highest BCUT2D eigenvalue weighted by Gasteiger charge is 2.31. The quantitative estimate of drug-likeness (QED) is 0.401. The van der Waals surface area contributed by atoms with Crippen molar-refractivity contribution >= 4 is 5.57 Å². The van der Waals surface area contributed by atoms with E-state index in [2.05, 4.69) is 40.4 Å². The van der Waals surface area contributed by atoms with Crippen molar-refractivity contribution in [3.63, 3.8) is 0 Å². The van der Waals surface area contributed by atoms with Gasteiger partial charge >= 0.3 is 6.36 Å². The fraction of sp³-hybridized carbons (Fsp3) is 0.200. The molecule has 0 aliphatic rings. The molecule has 3 rings (SSSR count). The zero-order chi connectivity index (χ0) is 21.2. The lowest BCUT2D eigenvalue weighted by molar-refractivity contribution is -0.274. The van der Waals surface area contributed by atoms with Crippen LogP contribution in [0.15, 0.2) is 91.0 Å². The average Bonchev–Trinajstić information content (AvgIpc) is 2.74. The van der Waals surface area contributed by atoms with Crippen molar-refractivity contribution < 1.29 is 17.9 Å². The van der Waals surface area contributed by atoms with Gasteiger partial charge in [0.15, 0.2) is 0 Å². The molecule has 0 saturated carbocycles. The van der Waals surface area contributed by atoms with E-state index in [9.17, 15) is 13.2 Å². The van der Waals surface area contributed by atoms with Gasteiger partial charge in [-0.1, -0.05) is 84.9 Å². The molecule has 0 spiro atoms. The number of ether oxygens (including phenoxy) is 1. The number of nitrogens with one attached hydrogen (secondary N) is 1. The summed E-state index contributed by atoms with van der Waals surface area (Å²) in [5.74, 6) is -0.159. The Hall–Kier alpha value is -3.05. The van der Waals surface area contributed by atoms with Gasteiger partial charge in [0.2, 0.25) is 0 Å². The van der Waals surface area contributed by atoms with Gasteiger partial charge in [0.25, 0.3) is 0 Å². The molecule has 156 valence electrons. The van der Waals surface area contributed by atoms with Crippen LogP contribution in [0.1, 0.15) is 29.5 Å². The van der Waals surface area contributed by atoms with E-state index >= 15 is 0 Å². The van der Waals surface area contributed by atoms with E-state index in [-0.39, 0.29) is 5.75 Å². The highest BCUT2D eigenvalue weighted by Crippen LogP contribution is 2.26. The number of unbranched alkanes of at least 4 members (excludes halogenated alkanes) is 1. The van der Waals surface area contributed by atoms with Crippen molar-refractivity contribution in [3.8, 4) is 5.75 Å². The van der Waals surface area contributed by atoms with Gasteiger partial charge in [-0.05, 0) is 42.2 Å². The maximum Gasteiger partial charge on any atom is 0.573 e. The topological polar surface area (TPSA) is 21.3 Å². The Balaban J connectivity index is 1.55. The van der Waals surface area contributed by atoms with Crippen LogP contribution in [0.3, 0.4) is 0 Å². The minimum atomic E-state index is -4.69. The van der Waals surface area contributed by atoms with E-state index in [0.717, 1.165) is 24.0 Å². The first-order valence-electron chi connectivity index (χ1n) is 9.88. The Morgan fingerprint density at radius 2 is 1.37 bits per heavy atom. The Kier molecular flexibility index (Phi) is 7.69. The third kappa shape index (κ3) is 6.78. The van der Waals surface area contributed by atoms with Crippen LogP contribution in [0.5, 0.6) is 5.75 Å². The predicted molar refractivity (Wildman–Crippen MR) is 114 cm³/mol. The molecule has 0 atom stereocenters. The summed E-state index contributed by atoms with van der Waals surface area (Å²) in [7, 11) is 0. The molecule has 0 bridgehead atoms. The summed E-state index contributed by atoms with van der Waals surface area (Å²) in [6, 6.07) is 26.7. The first-order valence-corrected chi connectivity index (χ1v) is 9.88. The molecule has 1 N–H and O–H groups in total. The van der Waals surface area contributed by atoms with E-state index in [1.807, 2.05) is 36.4 Å². The number of halogens is 3. The second-order valence-corrected chi connectivity index (χ2v) is 6.82. The summed E-state index contributed by atoms with van der Waals surface area (Å²) in [4.78, 5) is 0. The van der Waals surface area contributed by atoms with Crippen molar-refractivity contribution in [2.45, 2.75) is 25.7 Å². The Morgan fingerprint density at radius 1 is 0.800 bits per heavy atom. The molecule has 0 heterocycles. The monoisotopic (exact) mass is 411 g/mol. The Labute approximate surface area is 175 Å². The SMILES string of the molecule is FC(F)(F)Oc1ccccc1CNCCCC=C(c1ccccc1)c1ccccc1. The van der Waals surface area contributed by atoms with Gasteiger partial charge in [-0.2, -0.15) is 0 Å². The zero-order valence-corrected chi connectivity index (χ0v) is 16.5. The number of alkyl halides is 3. The van der Waals surface area contributed by atoms with Crippen molar-refractivity contribution in [1.82, 2.24) is 5.32 Å². The van der Waals surface area contributed by atoms with E-state index in [4.69, 9.17) is 0 Å². The summed E-state index contributed by atoms with van der Waals surface area (Å²) >= 11 is 0. The summed E-state index contributed by atoms with van der Waals surface area (Å²) in [5, 5.41) is 3.20. The first-order chi connectivity index (χ1) is 14.5. The fourth-order valence-corrected chi connectivity index (χ4v) is 3.21. The molecule has 5 heteroatoms. The van der Waals surface area contributed by atoms with Crippen LogP contribution in [0.25, 0.3) is 5.57 Å². The molecule has 3 aromatic rings. The van der Waals surface area contributed by atoms with Crippen LogP contribution in [-0.2, 0) is 6.54 Å². The zero-order valence-electron chi connectivity index (χ0n) is 16.5. The maximum absolute atomic E-state index is 12.5. The minimum absolute atomic E-state index is 0.159. The van der Waals surface area contributed by atoms with E-state index < -0.39 is 6.36 Å². The van der Waals surface area contributed by atoms with Crippen molar-refractivity contribution in [3.05, 3.63) is 108 Å². The molecule has 0 saturated heterocycles. The van der Waals surface area contributed by atoms with Crippen LogP contribution < -0.4 is 10.1 Å². The second kappa shape index (κ2) is 10.6. The van der Waals surface area contributed by atoms with Gasteiger partial charge in [0, 0.05) is 12.1 Å². The number of benzene rings is 3. The maximum atomic E-state index is 12.5. The molecule has 0 fully saturated rings. The van der Waals surface area contributed by atoms with Gasteiger partial charge in [-0.15, -0.1) is 13.2 Å². The normalized spacial score (nSPS) is 11.2. The summed E-state index contributed by atoms with van der Waals surface area (Å²) in [5.41, 5.74) is 3.99. The third-order valence-electron chi connectivity index (χ3n) is 4.59. The van der Waals surface area contributed by atoms with Crippen LogP contribution in [0.2, 0.25) is 0 Å². The van der Waals surface area contributed by atoms with Crippen LogP contribution in [-0.4, -0.2) is 12.9 Å². The van der Waals surface area contributed by atoms with E-state index in [0.29, 0.717) is 18.7 Å². The molecule has 2 nitrogen and oxygen atoms in total. The summed E-state index contributed by atoms with van der Waals surface area (Å²) in [6.07, 6.45) is -0.752. The molecule has 0 unspecified atom stereocenters. The summed E-state index contributed by atoms with van der Waals surface area (Å²) < 4.78 is 41.6. The molecule has 0 aromatic heterocycles. The molecule has 30 heavy (non-hydrogen) atoms. The van der Waals surface area contributed by atoms with Crippen LogP contribution in [0, 0.1) is 0 Å². The third-order valence-corrected chi connectivity index (χ3v) is 4.59. The van der Waals surface area contributed by atoms with Crippen molar-refractivity contribution in [2.24, 2.45) is 0 Å². The molecular weight excluding hydrogens is 387 g/mol. The molecule has 0 amide bonds. The van der Waals surface area contributed by atoms with Crippen molar-refractivity contribution in [2.75, 3.05) is 6.54 Å². The van der Waals surface area contributed by atoms with Gasteiger partial charge in [0.1, 0.15) is 5.75 Å². The average molecular weight is 411 g/mol. The lowest BCUT2D eigenvalue weighted by Crippen LogP contribution is -2.20. The van der Waals surface area contributed by atoms with Gasteiger partial charge < -0.3 is 10.1 Å². The molecular formula is C25H24F3NO. The highest BCUT2D eigenvalue weighted by molar-refractivity contribution is 5.79. The molecule has 0 aliphatic carbocycles. The lowest BCUT2D eigenvalue weighted by Gasteiger charge is -2.13. The Bertz CT molecular complexity index is 896.